The number of benzene rings is 1. The largest absolute Gasteiger partial charge is 0.369 e. The van der Waals surface area contributed by atoms with Crippen LogP contribution in [0, 0.1) is 0 Å². The number of amides is 1. The van der Waals surface area contributed by atoms with E-state index in [2.05, 4.69) is 15.3 Å². The predicted molar refractivity (Wildman–Crippen MR) is 87.7 cm³/mol. The Labute approximate surface area is 138 Å². The van der Waals surface area contributed by atoms with E-state index in [1.54, 1.807) is 7.05 Å². The Hall–Kier alpha value is -2.28. The van der Waals surface area contributed by atoms with E-state index >= 15 is 0 Å². The van der Waals surface area contributed by atoms with Crippen LogP contribution in [-0.4, -0.2) is 39.4 Å². The lowest BCUT2D eigenvalue weighted by atomic mass is 10.2. The van der Waals surface area contributed by atoms with Gasteiger partial charge in [-0.15, -0.1) is 0 Å². The van der Waals surface area contributed by atoms with Crippen molar-refractivity contribution in [3.8, 4) is 0 Å². The van der Waals surface area contributed by atoms with Crippen LogP contribution in [0.1, 0.15) is 6.42 Å². The second-order valence-electron chi connectivity index (χ2n) is 5.66. The number of hydrogen-bond acceptors (Lipinski definition) is 4. The fourth-order valence-electron chi connectivity index (χ4n) is 2.70. The van der Waals surface area contributed by atoms with E-state index in [1.807, 2.05) is 24.3 Å². The van der Waals surface area contributed by atoms with Gasteiger partial charge in [-0.3, -0.25) is 9.36 Å². The number of nitrogens with zero attached hydrogens (tertiary/aromatic N) is 4. The molecule has 1 aliphatic heterocycles. The van der Waals surface area contributed by atoms with Crippen molar-refractivity contribution in [3.05, 3.63) is 46.1 Å². The highest BCUT2D eigenvalue weighted by molar-refractivity contribution is 6.30. The first-order chi connectivity index (χ1) is 11.0. The van der Waals surface area contributed by atoms with Gasteiger partial charge in [-0.1, -0.05) is 11.6 Å². The molecule has 0 spiro atoms. The maximum absolute atomic E-state index is 12.1. The topological polar surface area (TPSA) is 72.2 Å². The molecule has 1 aromatic heterocycles. The molecule has 1 N–H and O–H groups in total. The zero-order valence-corrected chi connectivity index (χ0v) is 13.5. The van der Waals surface area contributed by atoms with Crippen LogP contribution in [0.4, 0.5) is 5.69 Å². The molecule has 1 saturated heterocycles. The number of halogens is 1. The number of rotatable bonds is 4. The van der Waals surface area contributed by atoms with Gasteiger partial charge in [-0.05, 0) is 30.7 Å². The van der Waals surface area contributed by atoms with Crippen LogP contribution < -0.4 is 15.9 Å². The van der Waals surface area contributed by atoms with E-state index in [0.717, 1.165) is 29.9 Å². The molecule has 2 heterocycles. The minimum Gasteiger partial charge on any atom is -0.369 e. The molecule has 23 heavy (non-hydrogen) atoms. The molecular formula is C15H18ClN5O2. The van der Waals surface area contributed by atoms with E-state index in [1.165, 1.54) is 10.9 Å². The van der Waals surface area contributed by atoms with E-state index < -0.39 is 0 Å². The molecule has 122 valence electrons. The van der Waals surface area contributed by atoms with Crippen molar-refractivity contribution in [2.75, 3.05) is 18.0 Å². The highest BCUT2D eigenvalue weighted by Crippen LogP contribution is 2.22. The highest BCUT2D eigenvalue weighted by Gasteiger charge is 2.24. The Bertz CT molecular complexity index is 752. The number of carbonyl (C=O) groups excluding carboxylic acids is 1. The van der Waals surface area contributed by atoms with E-state index in [4.69, 9.17) is 11.6 Å². The third-order valence-corrected chi connectivity index (χ3v) is 4.18. The summed E-state index contributed by atoms with van der Waals surface area (Å²) in [6, 6.07) is 7.73. The van der Waals surface area contributed by atoms with Crippen molar-refractivity contribution in [2.45, 2.75) is 19.0 Å². The Morgan fingerprint density at radius 1 is 1.39 bits per heavy atom. The summed E-state index contributed by atoms with van der Waals surface area (Å²) in [5.41, 5.74) is 0.793. The second-order valence-corrected chi connectivity index (χ2v) is 6.09. The summed E-state index contributed by atoms with van der Waals surface area (Å²) in [5, 5.41) is 7.55. The zero-order valence-electron chi connectivity index (χ0n) is 12.8. The van der Waals surface area contributed by atoms with Crippen molar-refractivity contribution >= 4 is 23.2 Å². The van der Waals surface area contributed by atoms with Crippen molar-refractivity contribution in [1.82, 2.24) is 19.7 Å². The normalized spacial score (nSPS) is 17.5. The number of carbonyl (C=O) groups is 1. The summed E-state index contributed by atoms with van der Waals surface area (Å²) < 4.78 is 2.49. The third kappa shape index (κ3) is 3.56. The molecule has 1 aliphatic rings. The van der Waals surface area contributed by atoms with Gasteiger partial charge in [0, 0.05) is 36.9 Å². The van der Waals surface area contributed by atoms with Gasteiger partial charge in [-0.2, -0.15) is 5.10 Å². The summed E-state index contributed by atoms with van der Waals surface area (Å²) in [5.74, 6) is -0.200. The minimum absolute atomic E-state index is 0.0584. The molecule has 3 rings (SSSR count). The molecule has 8 heteroatoms. The van der Waals surface area contributed by atoms with Crippen LogP contribution >= 0.6 is 11.6 Å². The maximum Gasteiger partial charge on any atom is 0.345 e. The summed E-state index contributed by atoms with van der Waals surface area (Å²) in [6.45, 7) is 1.55. The average molecular weight is 336 g/mol. The zero-order chi connectivity index (χ0) is 16.4. The molecule has 1 fully saturated rings. The smallest absolute Gasteiger partial charge is 0.345 e. The predicted octanol–water partition coefficient (Wildman–Crippen LogP) is 0.630. The van der Waals surface area contributed by atoms with Crippen LogP contribution in [0.25, 0.3) is 0 Å². The van der Waals surface area contributed by atoms with Crippen molar-refractivity contribution in [1.29, 1.82) is 0 Å². The molecule has 0 aliphatic carbocycles. The quantitative estimate of drug-likeness (QED) is 0.889. The van der Waals surface area contributed by atoms with Gasteiger partial charge in [0.1, 0.15) is 12.9 Å². The van der Waals surface area contributed by atoms with Gasteiger partial charge in [0.15, 0.2) is 0 Å². The second kappa shape index (κ2) is 6.45. The molecule has 0 saturated carbocycles. The standard InChI is InChI=1S/C15H18ClN5O2/c1-19-10-17-21(15(19)23)9-14(22)18-12-6-7-20(8-12)13-4-2-11(16)3-5-13/h2-5,10,12H,6-9H2,1H3,(H,18,22)/t12-/m1/s1. The van der Waals surface area contributed by atoms with Gasteiger partial charge >= 0.3 is 5.69 Å². The number of hydrogen-bond donors (Lipinski definition) is 1. The molecular weight excluding hydrogens is 318 g/mol. The molecule has 0 bridgehead atoms. The van der Waals surface area contributed by atoms with Crippen LogP contribution in [0.2, 0.25) is 5.02 Å². The monoisotopic (exact) mass is 335 g/mol. The lowest BCUT2D eigenvalue weighted by Crippen LogP contribution is -2.40. The molecule has 1 atom stereocenters. The first kappa shape index (κ1) is 15.6. The Morgan fingerprint density at radius 2 is 2.13 bits per heavy atom. The van der Waals surface area contributed by atoms with E-state index in [9.17, 15) is 9.59 Å². The lowest BCUT2D eigenvalue weighted by Gasteiger charge is -2.19. The average Bonchev–Trinajstić information content (AvgIpc) is 3.10. The fraction of sp³-hybridized carbons (Fsp3) is 0.400. The lowest BCUT2D eigenvalue weighted by molar-refractivity contribution is -0.122. The van der Waals surface area contributed by atoms with Crippen LogP contribution in [0.15, 0.2) is 35.4 Å². The fourth-order valence-corrected chi connectivity index (χ4v) is 2.83. The first-order valence-corrected chi connectivity index (χ1v) is 7.79. The summed E-state index contributed by atoms with van der Waals surface area (Å²) in [6.07, 6.45) is 2.26. The van der Waals surface area contributed by atoms with Crippen LogP contribution in [0.3, 0.4) is 0 Å². The van der Waals surface area contributed by atoms with Gasteiger partial charge in [0.05, 0.1) is 0 Å². The van der Waals surface area contributed by atoms with E-state index in [0.29, 0.717) is 5.02 Å². The van der Waals surface area contributed by atoms with Gasteiger partial charge < -0.3 is 10.2 Å². The molecule has 0 radical (unpaired) electrons. The van der Waals surface area contributed by atoms with Crippen molar-refractivity contribution in [3.63, 3.8) is 0 Å². The number of aromatic nitrogens is 3. The summed E-state index contributed by atoms with van der Waals surface area (Å²) in [4.78, 5) is 25.9. The number of nitrogens with one attached hydrogen (secondary N) is 1. The molecule has 0 unspecified atom stereocenters. The Morgan fingerprint density at radius 3 is 2.78 bits per heavy atom. The van der Waals surface area contributed by atoms with Crippen molar-refractivity contribution in [2.24, 2.45) is 7.05 Å². The Kier molecular flexibility index (Phi) is 4.38. The van der Waals surface area contributed by atoms with E-state index in [-0.39, 0.29) is 24.2 Å². The molecule has 7 nitrogen and oxygen atoms in total. The van der Waals surface area contributed by atoms with Gasteiger partial charge in [0.2, 0.25) is 5.91 Å². The summed E-state index contributed by atoms with van der Waals surface area (Å²) >= 11 is 5.90. The Balaban J connectivity index is 1.55. The molecule has 1 aromatic carbocycles. The minimum atomic E-state index is -0.297. The highest BCUT2D eigenvalue weighted by atomic mass is 35.5. The number of aryl methyl sites for hydroxylation is 1. The van der Waals surface area contributed by atoms with Crippen molar-refractivity contribution < 1.29 is 4.79 Å². The molecule has 1 amide bonds. The van der Waals surface area contributed by atoms with Crippen LogP contribution in [-0.2, 0) is 18.4 Å². The van der Waals surface area contributed by atoms with Gasteiger partial charge in [0.25, 0.3) is 0 Å². The van der Waals surface area contributed by atoms with Gasteiger partial charge in [-0.25, -0.2) is 9.48 Å². The molecule has 2 aromatic rings. The summed E-state index contributed by atoms with van der Waals surface area (Å²) in [7, 11) is 1.60. The number of anilines is 1. The van der Waals surface area contributed by atoms with Crippen LogP contribution in [0.5, 0.6) is 0 Å². The maximum atomic E-state index is 12.1. The third-order valence-electron chi connectivity index (χ3n) is 3.93. The first-order valence-electron chi connectivity index (χ1n) is 7.41. The SMILES string of the molecule is Cn1cnn(CC(=O)N[C@@H]2CCN(c3ccc(Cl)cc3)C2)c1=O.